The van der Waals surface area contributed by atoms with Crippen molar-refractivity contribution in [3.63, 3.8) is 0 Å². The first kappa shape index (κ1) is 28.0. The molecule has 10 rings (SSSR count). The molecule has 0 bridgehead atoms. The van der Waals surface area contributed by atoms with Gasteiger partial charge in [0.05, 0.1) is 22.1 Å². The molecule has 0 fully saturated rings. The van der Waals surface area contributed by atoms with Crippen LogP contribution in [0.2, 0.25) is 0 Å². The van der Waals surface area contributed by atoms with Crippen molar-refractivity contribution in [3.05, 3.63) is 180 Å². The van der Waals surface area contributed by atoms with Gasteiger partial charge in [0, 0.05) is 32.8 Å². The van der Waals surface area contributed by atoms with Crippen LogP contribution in [-0.2, 0) is 0 Å². The number of amidine groups is 1. The molecule has 0 amide bonds. The van der Waals surface area contributed by atoms with Crippen LogP contribution in [0.1, 0.15) is 22.0 Å². The lowest BCUT2D eigenvalue weighted by molar-refractivity contribution is 0.766. The van der Waals surface area contributed by atoms with Crippen molar-refractivity contribution in [3.8, 4) is 22.3 Å². The number of nitrogens with one attached hydrogen (secondary N) is 1. The van der Waals surface area contributed by atoms with E-state index in [1.54, 1.807) is 0 Å². The van der Waals surface area contributed by atoms with Gasteiger partial charge in [-0.3, -0.25) is 4.98 Å². The highest BCUT2D eigenvalue weighted by Crippen LogP contribution is 2.46. The third-order valence-corrected chi connectivity index (χ3v) is 10.9. The lowest BCUT2D eigenvalue weighted by Gasteiger charge is -2.26. The molecule has 49 heavy (non-hydrogen) atoms. The Morgan fingerprint density at radius 2 is 1.18 bits per heavy atom. The summed E-state index contributed by atoms with van der Waals surface area (Å²) in [6.45, 7) is 0. The fourth-order valence-corrected chi connectivity index (χ4v) is 8.67. The lowest BCUT2D eigenvalue weighted by atomic mass is 9.89. The highest BCUT2D eigenvalue weighted by atomic mass is 32.1. The summed E-state index contributed by atoms with van der Waals surface area (Å²) in [5, 5.41) is 11.2. The second-order valence-electron chi connectivity index (χ2n) is 12.6. The van der Waals surface area contributed by atoms with Crippen LogP contribution in [0, 0.1) is 0 Å². The van der Waals surface area contributed by atoms with Gasteiger partial charge in [-0.25, -0.2) is 4.99 Å². The molecule has 1 aliphatic heterocycles. The van der Waals surface area contributed by atoms with Gasteiger partial charge in [0.25, 0.3) is 0 Å². The number of aromatic nitrogens is 1. The quantitative estimate of drug-likeness (QED) is 0.194. The Bertz CT molecular complexity index is 2750. The van der Waals surface area contributed by atoms with Gasteiger partial charge in [-0.15, -0.1) is 11.3 Å². The van der Waals surface area contributed by atoms with E-state index in [2.05, 4.69) is 157 Å². The number of aliphatic imine (C=N–C) groups is 1. The number of benzene rings is 7. The van der Waals surface area contributed by atoms with Crippen molar-refractivity contribution in [1.29, 1.82) is 0 Å². The molecule has 1 atom stereocenters. The van der Waals surface area contributed by atoms with Crippen LogP contribution < -0.4 is 5.32 Å². The summed E-state index contributed by atoms with van der Waals surface area (Å²) in [4.78, 5) is 11.5. The zero-order valence-electron chi connectivity index (χ0n) is 26.5. The van der Waals surface area contributed by atoms with E-state index in [1.807, 2.05) is 23.6 Å². The molecule has 1 N–H and O–H groups in total. The fraction of sp³-hybridized carbons (Fsp3) is 0.0222. The maximum absolute atomic E-state index is 5.42. The van der Waals surface area contributed by atoms with Crippen molar-refractivity contribution in [2.24, 2.45) is 4.99 Å². The molecule has 230 valence electrons. The highest BCUT2D eigenvalue weighted by Gasteiger charge is 2.28. The standard InChI is InChI=1S/C45H29N3S/c1-2-12-29(13-3-1)42-44-43(38-20-8-9-22-40(38)49-44)48-45(47-42)33-25-31(35-21-10-15-28-16-11-23-46-41(28)35)24-32(26-33)39-27-30-14-4-5-17-34(30)36-18-6-7-19-37(36)39/h1-27,42H,(H,47,48). The maximum Gasteiger partial charge on any atom is 0.134 e. The topological polar surface area (TPSA) is 37.3 Å². The van der Waals surface area contributed by atoms with Crippen molar-refractivity contribution < 1.29 is 0 Å². The second-order valence-corrected chi connectivity index (χ2v) is 13.7. The highest BCUT2D eigenvalue weighted by molar-refractivity contribution is 7.19. The predicted molar refractivity (Wildman–Crippen MR) is 207 cm³/mol. The minimum absolute atomic E-state index is 0.0195. The van der Waals surface area contributed by atoms with Crippen LogP contribution in [0.4, 0.5) is 5.69 Å². The number of hydrogen-bond donors (Lipinski definition) is 1. The first-order chi connectivity index (χ1) is 24.3. The summed E-state index contributed by atoms with van der Waals surface area (Å²) in [6.07, 6.45) is 1.88. The summed E-state index contributed by atoms with van der Waals surface area (Å²) in [5.74, 6) is 0.867. The minimum atomic E-state index is -0.0195. The van der Waals surface area contributed by atoms with Gasteiger partial charge in [-0.1, -0.05) is 121 Å². The van der Waals surface area contributed by atoms with E-state index in [1.165, 1.54) is 47.6 Å². The Labute approximate surface area is 287 Å². The van der Waals surface area contributed by atoms with Gasteiger partial charge in [-0.05, 0) is 80.2 Å². The first-order valence-corrected chi connectivity index (χ1v) is 17.4. The molecule has 0 radical (unpaired) electrons. The van der Waals surface area contributed by atoms with Crippen LogP contribution in [0.25, 0.3) is 64.8 Å². The molecule has 1 unspecified atom stereocenters. The maximum atomic E-state index is 5.42. The van der Waals surface area contributed by atoms with Crippen LogP contribution >= 0.6 is 11.3 Å². The fourth-order valence-electron chi connectivity index (χ4n) is 7.44. The Balaban J connectivity index is 1.26. The van der Waals surface area contributed by atoms with E-state index >= 15 is 0 Å². The summed E-state index contributed by atoms with van der Waals surface area (Å²) in [5.41, 5.74) is 8.85. The largest absolute Gasteiger partial charge is 0.358 e. The molecule has 0 saturated carbocycles. The average Bonchev–Trinajstić information content (AvgIpc) is 3.56. The molecule has 9 aromatic rings. The summed E-state index contributed by atoms with van der Waals surface area (Å²) >= 11 is 1.83. The van der Waals surface area contributed by atoms with Gasteiger partial charge in [0.1, 0.15) is 5.84 Å². The second kappa shape index (κ2) is 11.3. The van der Waals surface area contributed by atoms with Gasteiger partial charge in [0.2, 0.25) is 0 Å². The SMILES string of the molecule is c1ccc(C2NC(c3cc(-c4cc5ccccc5c5ccccc45)cc(-c4cccc5cccnc45)c3)=Nc3c2sc2ccccc32)cc1. The minimum Gasteiger partial charge on any atom is -0.358 e. The molecule has 7 aromatic carbocycles. The average molecular weight is 644 g/mol. The van der Waals surface area contributed by atoms with Crippen LogP contribution in [-0.4, -0.2) is 10.8 Å². The molecule has 0 aliphatic carbocycles. The molecule has 3 heterocycles. The van der Waals surface area contributed by atoms with Crippen LogP contribution in [0.15, 0.2) is 169 Å². The van der Waals surface area contributed by atoms with E-state index in [0.29, 0.717) is 0 Å². The van der Waals surface area contributed by atoms with Crippen LogP contribution in [0.5, 0.6) is 0 Å². The molecule has 2 aromatic heterocycles. The molecule has 1 aliphatic rings. The molecular weight excluding hydrogens is 615 g/mol. The van der Waals surface area contributed by atoms with Gasteiger partial charge in [0.15, 0.2) is 0 Å². The van der Waals surface area contributed by atoms with Gasteiger partial charge in [-0.2, -0.15) is 0 Å². The van der Waals surface area contributed by atoms with E-state index in [-0.39, 0.29) is 6.04 Å². The zero-order chi connectivity index (χ0) is 32.3. The molecular formula is C45H29N3S. The Hall–Kier alpha value is -6.10. The normalized spacial score (nSPS) is 14.2. The van der Waals surface area contributed by atoms with Gasteiger partial charge >= 0.3 is 0 Å². The molecule has 0 spiro atoms. The number of rotatable bonds is 4. The van der Waals surface area contributed by atoms with Crippen molar-refractivity contribution in [2.45, 2.75) is 6.04 Å². The lowest BCUT2D eigenvalue weighted by Crippen LogP contribution is -2.32. The van der Waals surface area contributed by atoms with Gasteiger partial charge < -0.3 is 5.32 Å². The zero-order valence-corrected chi connectivity index (χ0v) is 27.3. The number of para-hydroxylation sites is 1. The smallest absolute Gasteiger partial charge is 0.134 e. The predicted octanol–water partition coefficient (Wildman–Crippen LogP) is 11.9. The summed E-state index contributed by atoms with van der Waals surface area (Å²) in [6, 6.07) is 56.6. The summed E-state index contributed by atoms with van der Waals surface area (Å²) in [7, 11) is 0. The number of hydrogen-bond acceptors (Lipinski definition) is 4. The van der Waals surface area contributed by atoms with Crippen molar-refractivity contribution in [1.82, 2.24) is 10.3 Å². The van der Waals surface area contributed by atoms with Crippen molar-refractivity contribution in [2.75, 3.05) is 0 Å². The third-order valence-electron chi connectivity index (χ3n) is 9.72. The Morgan fingerprint density at radius 3 is 2.06 bits per heavy atom. The van der Waals surface area contributed by atoms with E-state index in [4.69, 9.17) is 9.98 Å². The number of nitrogens with zero attached hydrogens (tertiary/aromatic N) is 2. The van der Waals surface area contributed by atoms with E-state index < -0.39 is 0 Å². The Kier molecular flexibility index (Phi) is 6.42. The Morgan fingerprint density at radius 1 is 0.510 bits per heavy atom. The van der Waals surface area contributed by atoms with Crippen molar-refractivity contribution >= 4 is 65.4 Å². The third kappa shape index (κ3) is 4.64. The molecule has 3 nitrogen and oxygen atoms in total. The molecule has 4 heteroatoms. The van der Waals surface area contributed by atoms with Crippen LogP contribution in [0.3, 0.4) is 0 Å². The summed E-state index contributed by atoms with van der Waals surface area (Å²) < 4.78 is 1.25. The molecule has 0 saturated heterocycles. The van der Waals surface area contributed by atoms with E-state index in [0.717, 1.165) is 44.7 Å². The van der Waals surface area contributed by atoms with E-state index in [9.17, 15) is 0 Å². The number of fused-ring (bicyclic) bond motifs is 7. The monoisotopic (exact) mass is 643 g/mol. The number of thiophene rings is 1. The number of pyridine rings is 1. The first-order valence-electron chi connectivity index (χ1n) is 16.6.